The summed E-state index contributed by atoms with van der Waals surface area (Å²) in [5, 5.41) is 5.01. The lowest BCUT2D eigenvalue weighted by Gasteiger charge is -2.13. The Bertz CT molecular complexity index is 532. The van der Waals surface area contributed by atoms with Gasteiger partial charge in [-0.2, -0.15) is 0 Å². The van der Waals surface area contributed by atoms with Crippen molar-refractivity contribution in [3.63, 3.8) is 0 Å². The zero-order valence-electron chi connectivity index (χ0n) is 11.7. The van der Waals surface area contributed by atoms with E-state index in [9.17, 15) is 0 Å². The van der Waals surface area contributed by atoms with Gasteiger partial charge in [0.25, 0.3) is 0 Å². The maximum atomic E-state index is 3.67. The molecular formula is C16H23N3. The number of fused-ring (bicyclic) bond motifs is 1. The van der Waals surface area contributed by atoms with Gasteiger partial charge in [0.15, 0.2) is 0 Å². The van der Waals surface area contributed by atoms with Crippen molar-refractivity contribution in [1.29, 1.82) is 0 Å². The molecule has 1 atom stereocenters. The molecule has 3 rings (SSSR count). The lowest BCUT2D eigenvalue weighted by atomic mass is 10.2. The van der Waals surface area contributed by atoms with Gasteiger partial charge in [0, 0.05) is 30.8 Å². The summed E-state index contributed by atoms with van der Waals surface area (Å²) in [6.07, 6.45) is 4.69. The van der Waals surface area contributed by atoms with E-state index in [1.807, 2.05) is 0 Å². The van der Waals surface area contributed by atoms with Crippen molar-refractivity contribution in [2.24, 2.45) is 0 Å². The fourth-order valence-corrected chi connectivity index (χ4v) is 2.99. The van der Waals surface area contributed by atoms with Gasteiger partial charge in [0.05, 0.1) is 0 Å². The lowest BCUT2D eigenvalue weighted by molar-refractivity contribution is 0.396. The highest BCUT2D eigenvalue weighted by Crippen LogP contribution is 2.15. The van der Waals surface area contributed by atoms with Crippen LogP contribution >= 0.6 is 0 Å². The Morgan fingerprint density at radius 1 is 1.26 bits per heavy atom. The molecule has 0 radical (unpaired) electrons. The van der Waals surface area contributed by atoms with Gasteiger partial charge in [-0.3, -0.25) is 0 Å². The molecule has 1 aromatic carbocycles. The zero-order chi connectivity index (χ0) is 13.1. The molecule has 1 aliphatic heterocycles. The second-order valence-corrected chi connectivity index (χ2v) is 5.62. The third kappa shape index (κ3) is 2.99. The molecule has 2 aromatic rings. The van der Waals surface area contributed by atoms with Crippen LogP contribution in [0.4, 0.5) is 0 Å². The molecule has 3 heteroatoms. The summed E-state index contributed by atoms with van der Waals surface area (Å²) < 4.78 is 2.36. The number of hydrogen-bond donors (Lipinski definition) is 1. The van der Waals surface area contributed by atoms with Crippen LogP contribution in [0.3, 0.4) is 0 Å². The van der Waals surface area contributed by atoms with Crippen molar-refractivity contribution in [3.05, 3.63) is 36.5 Å². The molecule has 2 heterocycles. The fraction of sp³-hybridized carbons (Fsp3) is 0.500. The molecule has 1 aromatic heterocycles. The highest BCUT2D eigenvalue weighted by atomic mass is 15.2. The number of hydrogen-bond acceptors (Lipinski definition) is 2. The van der Waals surface area contributed by atoms with Gasteiger partial charge in [0.1, 0.15) is 0 Å². The zero-order valence-corrected chi connectivity index (χ0v) is 11.7. The van der Waals surface area contributed by atoms with Crippen LogP contribution in [0.2, 0.25) is 0 Å². The first-order valence-electron chi connectivity index (χ1n) is 7.29. The third-order valence-electron chi connectivity index (χ3n) is 4.08. The van der Waals surface area contributed by atoms with Gasteiger partial charge in [-0.05, 0) is 50.5 Å². The average Bonchev–Trinajstić information content (AvgIpc) is 3.02. The third-order valence-corrected chi connectivity index (χ3v) is 4.08. The molecule has 1 unspecified atom stereocenters. The van der Waals surface area contributed by atoms with Crippen LogP contribution in [-0.4, -0.2) is 42.2 Å². The van der Waals surface area contributed by atoms with Crippen molar-refractivity contribution in [2.75, 3.05) is 26.7 Å². The van der Waals surface area contributed by atoms with Crippen LogP contribution in [0.1, 0.15) is 12.8 Å². The van der Waals surface area contributed by atoms with Crippen molar-refractivity contribution >= 4 is 10.9 Å². The first-order valence-corrected chi connectivity index (χ1v) is 7.29. The van der Waals surface area contributed by atoms with Crippen LogP contribution in [0.5, 0.6) is 0 Å². The van der Waals surface area contributed by atoms with Crippen LogP contribution in [0.25, 0.3) is 10.9 Å². The molecule has 3 nitrogen and oxygen atoms in total. The maximum absolute atomic E-state index is 3.67. The highest BCUT2D eigenvalue weighted by molar-refractivity contribution is 5.79. The smallest absolute Gasteiger partial charge is 0.0480 e. The van der Waals surface area contributed by atoms with E-state index in [1.165, 1.54) is 36.8 Å². The molecule has 1 aliphatic rings. The van der Waals surface area contributed by atoms with Crippen LogP contribution in [0.15, 0.2) is 36.5 Å². The van der Waals surface area contributed by atoms with Gasteiger partial charge in [0.2, 0.25) is 0 Å². The number of likely N-dealkylation sites (tertiary alicyclic amines) is 1. The predicted molar refractivity (Wildman–Crippen MR) is 80.5 cm³/mol. The minimum atomic E-state index is 0.700. The van der Waals surface area contributed by atoms with E-state index in [-0.39, 0.29) is 0 Å². The van der Waals surface area contributed by atoms with E-state index in [4.69, 9.17) is 0 Å². The van der Waals surface area contributed by atoms with Gasteiger partial charge < -0.3 is 14.8 Å². The second-order valence-electron chi connectivity index (χ2n) is 5.62. The summed E-state index contributed by atoms with van der Waals surface area (Å²) >= 11 is 0. The summed E-state index contributed by atoms with van der Waals surface area (Å²) in [6, 6.07) is 11.5. The molecule has 1 saturated heterocycles. The monoisotopic (exact) mass is 257 g/mol. The molecule has 0 aliphatic carbocycles. The lowest BCUT2D eigenvalue weighted by Crippen LogP contribution is -2.32. The summed E-state index contributed by atoms with van der Waals surface area (Å²) in [6.45, 7) is 4.65. The summed E-state index contributed by atoms with van der Waals surface area (Å²) in [5.41, 5.74) is 1.35. The van der Waals surface area contributed by atoms with Gasteiger partial charge in [-0.15, -0.1) is 0 Å². The van der Waals surface area contributed by atoms with Gasteiger partial charge in [-0.25, -0.2) is 0 Å². The normalized spacial score (nSPS) is 20.4. The second kappa shape index (κ2) is 5.76. The molecule has 0 amide bonds. The van der Waals surface area contributed by atoms with Crippen molar-refractivity contribution < 1.29 is 0 Å². The maximum Gasteiger partial charge on any atom is 0.0480 e. The number of likely N-dealkylation sites (N-methyl/N-ethyl adjacent to an activating group) is 1. The minimum absolute atomic E-state index is 0.700. The largest absolute Gasteiger partial charge is 0.347 e. The first kappa shape index (κ1) is 12.7. The number of nitrogens with one attached hydrogen (secondary N) is 1. The van der Waals surface area contributed by atoms with Gasteiger partial charge >= 0.3 is 0 Å². The number of benzene rings is 1. The average molecular weight is 257 g/mol. The fourth-order valence-electron chi connectivity index (χ4n) is 2.99. The Balaban J connectivity index is 1.47. The highest BCUT2D eigenvalue weighted by Gasteiger charge is 2.17. The van der Waals surface area contributed by atoms with Crippen LogP contribution in [-0.2, 0) is 6.54 Å². The molecular weight excluding hydrogens is 234 g/mol. The van der Waals surface area contributed by atoms with E-state index in [0.29, 0.717) is 6.04 Å². The van der Waals surface area contributed by atoms with E-state index in [1.54, 1.807) is 0 Å². The minimum Gasteiger partial charge on any atom is -0.347 e. The number of rotatable bonds is 5. The quantitative estimate of drug-likeness (QED) is 0.830. The van der Waals surface area contributed by atoms with Crippen molar-refractivity contribution in [3.8, 4) is 0 Å². The number of para-hydroxylation sites is 1. The Morgan fingerprint density at radius 3 is 3.00 bits per heavy atom. The number of nitrogens with zero attached hydrogens (tertiary/aromatic N) is 2. The van der Waals surface area contributed by atoms with Crippen LogP contribution < -0.4 is 5.32 Å². The predicted octanol–water partition coefficient (Wildman–Crippen LogP) is 2.33. The van der Waals surface area contributed by atoms with Gasteiger partial charge in [-0.1, -0.05) is 18.2 Å². The summed E-state index contributed by atoms with van der Waals surface area (Å²) in [5.74, 6) is 0. The number of aromatic nitrogens is 1. The van der Waals surface area contributed by atoms with Crippen molar-refractivity contribution in [1.82, 2.24) is 14.8 Å². The molecule has 0 bridgehead atoms. The Hall–Kier alpha value is -1.32. The first-order chi connectivity index (χ1) is 9.33. The Labute approximate surface area is 115 Å². The Kier molecular flexibility index (Phi) is 3.85. The molecule has 0 spiro atoms. The standard InChI is InChI=1S/C16H23N3/c1-18-11-8-15(13-18)17-9-4-10-19-12-7-14-5-2-3-6-16(14)19/h2-3,5-7,12,15,17H,4,8-11,13H2,1H3. The molecule has 1 fully saturated rings. The van der Waals surface area contributed by atoms with Crippen LogP contribution in [0, 0.1) is 0 Å². The van der Waals surface area contributed by atoms with E-state index in [0.717, 1.165) is 13.1 Å². The molecule has 102 valence electrons. The Morgan fingerprint density at radius 2 is 2.16 bits per heavy atom. The summed E-state index contributed by atoms with van der Waals surface area (Å²) in [4.78, 5) is 2.40. The molecule has 1 N–H and O–H groups in total. The summed E-state index contributed by atoms with van der Waals surface area (Å²) in [7, 11) is 2.20. The molecule has 0 saturated carbocycles. The van der Waals surface area contributed by atoms with E-state index in [2.05, 4.69) is 58.4 Å². The van der Waals surface area contributed by atoms with Crippen molar-refractivity contribution in [2.45, 2.75) is 25.4 Å². The van der Waals surface area contributed by atoms with E-state index >= 15 is 0 Å². The number of aryl methyl sites for hydroxylation is 1. The SMILES string of the molecule is CN1CCC(NCCCn2ccc3ccccc32)C1. The topological polar surface area (TPSA) is 20.2 Å². The molecule has 19 heavy (non-hydrogen) atoms. The van der Waals surface area contributed by atoms with E-state index < -0.39 is 0 Å².